The Kier molecular flexibility index (Phi) is 3.78. The van der Waals surface area contributed by atoms with Gasteiger partial charge in [0.05, 0.1) is 0 Å². The lowest BCUT2D eigenvalue weighted by atomic mass is 10.0. The molecule has 2 aliphatic rings. The molecule has 1 aliphatic carbocycles. The van der Waals surface area contributed by atoms with E-state index in [0.29, 0.717) is 0 Å². The number of hydrogen-bond acceptors (Lipinski definition) is 2. The van der Waals surface area contributed by atoms with Crippen molar-refractivity contribution >= 4 is 11.6 Å². The zero-order valence-corrected chi connectivity index (χ0v) is 13.4. The van der Waals surface area contributed by atoms with E-state index < -0.39 is 0 Å². The molecule has 0 N–H and O–H groups in total. The molecular weight excluding hydrogens is 284 g/mol. The number of rotatable bonds is 2. The van der Waals surface area contributed by atoms with Gasteiger partial charge in [0.1, 0.15) is 0 Å². The van der Waals surface area contributed by atoms with E-state index in [4.69, 9.17) is 0 Å². The molecule has 3 nitrogen and oxygen atoms in total. The number of benzene rings is 2. The Morgan fingerprint density at radius 2 is 1.61 bits per heavy atom. The monoisotopic (exact) mass is 306 g/mol. The van der Waals surface area contributed by atoms with Crippen molar-refractivity contribution in [1.29, 1.82) is 0 Å². The number of carbonyl (C=O) groups excluding carboxylic acids is 1. The highest BCUT2D eigenvalue weighted by molar-refractivity contribution is 5.96. The van der Waals surface area contributed by atoms with Crippen LogP contribution in [0.5, 0.6) is 0 Å². The normalized spacial score (nSPS) is 17.2. The molecule has 2 aromatic carbocycles. The number of nitrogens with zero attached hydrogens (tertiary/aromatic N) is 2. The topological polar surface area (TPSA) is 23.6 Å². The van der Waals surface area contributed by atoms with E-state index >= 15 is 0 Å². The second kappa shape index (κ2) is 6.07. The summed E-state index contributed by atoms with van der Waals surface area (Å²) in [7, 11) is 0. The Labute approximate surface area is 137 Å². The summed E-state index contributed by atoms with van der Waals surface area (Å²) in [4.78, 5) is 17.3. The highest BCUT2D eigenvalue weighted by Crippen LogP contribution is 2.26. The molecule has 0 aromatic heterocycles. The molecule has 0 saturated carbocycles. The van der Waals surface area contributed by atoms with Gasteiger partial charge in [0, 0.05) is 37.4 Å². The quantitative estimate of drug-likeness (QED) is 0.851. The molecule has 0 unspecified atom stereocenters. The van der Waals surface area contributed by atoms with E-state index in [9.17, 15) is 4.79 Å². The van der Waals surface area contributed by atoms with Gasteiger partial charge in [-0.25, -0.2) is 0 Å². The molecule has 0 bridgehead atoms. The van der Waals surface area contributed by atoms with Crippen molar-refractivity contribution in [3.05, 3.63) is 65.2 Å². The van der Waals surface area contributed by atoms with Crippen molar-refractivity contribution in [2.75, 3.05) is 31.1 Å². The number of hydrogen-bond donors (Lipinski definition) is 0. The summed E-state index contributed by atoms with van der Waals surface area (Å²) in [5.74, 6) is 0.219. The Morgan fingerprint density at radius 1 is 0.826 bits per heavy atom. The lowest BCUT2D eigenvalue weighted by Gasteiger charge is -2.36. The van der Waals surface area contributed by atoms with E-state index in [1.165, 1.54) is 23.2 Å². The molecule has 0 spiro atoms. The summed E-state index contributed by atoms with van der Waals surface area (Å²) in [5.41, 5.74) is 4.86. The summed E-state index contributed by atoms with van der Waals surface area (Å²) >= 11 is 0. The Morgan fingerprint density at radius 3 is 2.39 bits per heavy atom. The third kappa shape index (κ3) is 2.72. The van der Waals surface area contributed by atoms with Crippen LogP contribution in [0, 0.1) is 0 Å². The van der Waals surface area contributed by atoms with Gasteiger partial charge >= 0.3 is 0 Å². The zero-order valence-electron chi connectivity index (χ0n) is 13.4. The van der Waals surface area contributed by atoms with Crippen LogP contribution in [0.4, 0.5) is 5.69 Å². The first-order valence-corrected chi connectivity index (χ1v) is 8.53. The molecule has 4 rings (SSSR count). The van der Waals surface area contributed by atoms with Crippen LogP contribution in [0.3, 0.4) is 0 Å². The molecule has 1 amide bonds. The van der Waals surface area contributed by atoms with Crippen LogP contribution in [-0.2, 0) is 12.8 Å². The van der Waals surface area contributed by atoms with Crippen LogP contribution >= 0.6 is 0 Å². The molecule has 118 valence electrons. The Bertz CT molecular complexity index is 703. The summed E-state index contributed by atoms with van der Waals surface area (Å²) in [6.45, 7) is 3.42. The lowest BCUT2D eigenvalue weighted by Crippen LogP contribution is -2.49. The number of para-hydroxylation sites is 1. The minimum Gasteiger partial charge on any atom is -0.368 e. The maximum Gasteiger partial charge on any atom is 0.254 e. The van der Waals surface area contributed by atoms with Gasteiger partial charge in [0.25, 0.3) is 5.91 Å². The van der Waals surface area contributed by atoms with Crippen molar-refractivity contribution in [3.63, 3.8) is 0 Å². The summed E-state index contributed by atoms with van der Waals surface area (Å²) < 4.78 is 0. The van der Waals surface area contributed by atoms with Crippen molar-refractivity contribution in [2.45, 2.75) is 19.3 Å². The predicted molar refractivity (Wildman–Crippen MR) is 93.0 cm³/mol. The number of piperazine rings is 1. The molecule has 1 fully saturated rings. The summed E-state index contributed by atoms with van der Waals surface area (Å²) in [6, 6.07) is 16.7. The second-order valence-corrected chi connectivity index (χ2v) is 6.41. The molecule has 0 atom stereocenters. The first-order chi connectivity index (χ1) is 11.3. The fourth-order valence-electron chi connectivity index (χ4n) is 3.80. The Balaban J connectivity index is 1.47. The van der Waals surface area contributed by atoms with Gasteiger partial charge in [-0.2, -0.15) is 0 Å². The molecule has 1 saturated heterocycles. The maximum atomic E-state index is 12.9. The zero-order chi connectivity index (χ0) is 15.6. The van der Waals surface area contributed by atoms with Gasteiger partial charge in [0.15, 0.2) is 0 Å². The van der Waals surface area contributed by atoms with E-state index in [0.717, 1.165) is 44.6 Å². The number of anilines is 1. The third-order valence-corrected chi connectivity index (χ3v) is 5.06. The van der Waals surface area contributed by atoms with Gasteiger partial charge in [-0.1, -0.05) is 30.3 Å². The van der Waals surface area contributed by atoms with Crippen molar-refractivity contribution in [2.24, 2.45) is 0 Å². The molecular formula is C20H22N2O. The number of fused-ring (bicyclic) bond motifs is 1. The van der Waals surface area contributed by atoms with Crippen LogP contribution in [-0.4, -0.2) is 37.0 Å². The van der Waals surface area contributed by atoms with Gasteiger partial charge in [-0.3, -0.25) is 4.79 Å². The smallest absolute Gasteiger partial charge is 0.254 e. The van der Waals surface area contributed by atoms with Crippen LogP contribution < -0.4 is 4.90 Å². The summed E-state index contributed by atoms with van der Waals surface area (Å²) in [5, 5.41) is 0. The van der Waals surface area contributed by atoms with Crippen molar-refractivity contribution in [3.8, 4) is 0 Å². The molecule has 3 heteroatoms. The van der Waals surface area contributed by atoms with Crippen LogP contribution in [0.1, 0.15) is 27.9 Å². The average molecular weight is 306 g/mol. The first-order valence-electron chi connectivity index (χ1n) is 8.53. The predicted octanol–water partition coefficient (Wildman–Crippen LogP) is 3.14. The summed E-state index contributed by atoms with van der Waals surface area (Å²) in [6.07, 6.45) is 3.36. The third-order valence-electron chi connectivity index (χ3n) is 5.06. The number of amides is 1. The maximum absolute atomic E-state index is 12.9. The van der Waals surface area contributed by atoms with Crippen LogP contribution in [0.15, 0.2) is 48.5 Å². The van der Waals surface area contributed by atoms with E-state index in [1.807, 2.05) is 23.1 Å². The SMILES string of the molecule is O=C(c1cccc2c1CCC2)N1CCN(c2ccccc2)CC1. The molecule has 2 aromatic rings. The van der Waals surface area contributed by atoms with E-state index in [2.05, 4.69) is 35.2 Å². The molecule has 1 heterocycles. The van der Waals surface area contributed by atoms with Crippen molar-refractivity contribution in [1.82, 2.24) is 4.90 Å². The van der Waals surface area contributed by atoms with E-state index in [1.54, 1.807) is 0 Å². The average Bonchev–Trinajstić information content (AvgIpc) is 3.11. The number of carbonyl (C=O) groups is 1. The van der Waals surface area contributed by atoms with Crippen LogP contribution in [0.25, 0.3) is 0 Å². The molecule has 1 aliphatic heterocycles. The van der Waals surface area contributed by atoms with Gasteiger partial charge in [0.2, 0.25) is 0 Å². The van der Waals surface area contributed by atoms with Crippen molar-refractivity contribution < 1.29 is 4.79 Å². The fraction of sp³-hybridized carbons (Fsp3) is 0.350. The highest BCUT2D eigenvalue weighted by atomic mass is 16.2. The molecule has 23 heavy (non-hydrogen) atoms. The Hall–Kier alpha value is -2.29. The lowest BCUT2D eigenvalue weighted by molar-refractivity contribution is 0.0745. The molecule has 0 radical (unpaired) electrons. The largest absolute Gasteiger partial charge is 0.368 e. The highest BCUT2D eigenvalue weighted by Gasteiger charge is 2.25. The minimum absolute atomic E-state index is 0.219. The van der Waals surface area contributed by atoms with E-state index in [-0.39, 0.29) is 5.91 Å². The van der Waals surface area contributed by atoms with Gasteiger partial charge < -0.3 is 9.80 Å². The standard InChI is InChI=1S/C20H22N2O/c23-20(19-11-5-7-16-6-4-10-18(16)19)22-14-12-21(13-15-22)17-8-2-1-3-9-17/h1-3,5,7-9,11H,4,6,10,12-15H2. The van der Waals surface area contributed by atoms with Gasteiger partial charge in [-0.05, 0) is 48.6 Å². The second-order valence-electron chi connectivity index (χ2n) is 6.41. The first kappa shape index (κ1) is 14.3. The number of aryl methyl sites for hydroxylation is 1. The van der Waals surface area contributed by atoms with Crippen LogP contribution in [0.2, 0.25) is 0 Å². The van der Waals surface area contributed by atoms with Gasteiger partial charge in [-0.15, -0.1) is 0 Å². The minimum atomic E-state index is 0.219. The fourth-order valence-corrected chi connectivity index (χ4v) is 3.80.